The third-order valence-corrected chi connectivity index (χ3v) is 9.03. The summed E-state index contributed by atoms with van der Waals surface area (Å²) in [6.45, 7) is 3.00. The first kappa shape index (κ1) is 21.0. The molecule has 1 saturated carbocycles. The lowest BCUT2D eigenvalue weighted by atomic mass is 10.0. The van der Waals surface area contributed by atoms with E-state index in [4.69, 9.17) is 0 Å². The molecule has 0 bridgehead atoms. The SMILES string of the molecule is Cl.O=C(C1CCCN1S(=O)(=O)c1cccs1)N1CCC(NCC2CC2)CC1. The molecule has 2 aliphatic heterocycles. The van der Waals surface area contributed by atoms with E-state index in [2.05, 4.69) is 5.32 Å². The van der Waals surface area contributed by atoms with Crippen LogP contribution in [-0.2, 0) is 14.8 Å². The van der Waals surface area contributed by atoms with E-state index in [-0.39, 0.29) is 18.3 Å². The number of nitrogens with one attached hydrogen (secondary N) is 1. The van der Waals surface area contributed by atoms with Crippen LogP contribution in [0.15, 0.2) is 21.7 Å². The number of carbonyl (C=O) groups excluding carboxylic acids is 1. The van der Waals surface area contributed by atoms with Gasteiger partial charge in [-0.3, -0.25) is 4.79 Å². The molecule has 1 amide bonds. The normalized spacial score (nSPS) is 24.7. The van der Waals surface area contributed by atoms with E-state index < -0.39 is 16.1 Å². The van der Waals surface area contributed by atoms with Crippen LogP contribution < -0.4 is 5.32 Å². The Hall–Kier alpha value is -0.670. The number of piperidine rings is 1. The average molecular weight is 434 g/mol. The van der Waals surface area contributed by atoms with Crippen molar-refractivity contribution < 1.29 is 13.2 Å². The van der Waals surface area contributed by atoms with Crippen LogP contribution >= 0.6 is 23.7 Å². The summed E-state index contributed by atoms with van der Waals surface area (Å²) < 4.78 is 27.5. The van der Waals surface area contributed by atoms with E-state index >= 15 is 0 Å². The number of hydrogen-bond acceptors (Lipinski definition) is 5. The summed E-state index contributed by atoms with van der Waals surface area (Å²) in [5, 5.41) is 5.38. The highest BCUT2D eigenvalue weighted by Crippen LogP contribution is 2.30. The molecule has 3 fully saturated rings. The molecule has 152 valence electrons. The second-order valence-electron chi connectivity index (χ2n) is 7.66. The molecule has 2 saturated heterocycles. The first-order chi connectivity index (χ1) is 12.6. The van der Waals surface area contributed by atoms with Crippen molar-refractivity contribution in [2.75, 3.05) is 26.2 Å². The third kappa shape index (κ3) is 4.67. The lowest BCUT2D eigenvalue weighted by molar-refractivity contribution is -0.135. The largest absolute Gasteiger partial charge is 0.341 e. The first-order valence-electron chi connectivity index (χ1n) is 9.63. The van der Waals surface area contributed by atoms with Crippen molar-refractivity contribution in [1.29, 1.82) is 0 Å². The van der Waals surface area contributed by atoms with Gasteiger partial charge in [0, 0.05) is 25.7 Å². The molecule has 1 aliphatic carbocycles. The highest BCUT2D eigenvalue weighted by Gasteiger charge is 2.42. The van der Waals surface area contributed by atoms with Crippen molar-refractivity contribution in [3.63, 3.8) is 0 Å². The Balaban J connectivity index is 0.00000210. The predicted octanol–water partition coefficient (Wildman–Crippen LogP) is 2.31. The number of rotatable bonds is 6. The third-order valence-electron chi connectivity index (χ3n) is 5.75. The summed E-state index contributed by atoms with van der Waals surface area (Å²) in [4.78, 5) is 14.9. The van der Waals surface area contributed by atoms with Crippen LogP contribution in [0.25, 0.3) is 0 Å². The quantitative estimate of drug-likeness (QED) is 0.747. The van der Waals surface area contributed by atoms with Gasteiger partial charge in [0.05, 0.1) is 0 Å². The molecule has 0 radical (unpaired) electrons. The summed E-state index contributed by atoms with van der Waals surface area (Å²) in [5.74, 6) is 0.854. The molecule has 1 atom stereocenters. The maximum Gasteiger partial charge on any atom is 0.253 e. The fourth-order valence-corrected chi connectivity index (χ4v) is 6.74. The minimum atomic E-state index is -3.56. The van der Waals surface area contributed by atoms with Gasteiger partial charge < -0.3 is 10.2 Å². The van der Waals surface area contributed by atoms with Crippen molar-refractivity contribution >= 4 is 39.7 Å². The molecular weight excluding hydrogens is 406 g/mol. The molecule has 27 heavy (non-hydrogen) atoms. The number of nitrogens with zero attached hydrogens (tertiary/aromatic N) is 2. The molecule has 1 unspecified atom stereocenters. The highest BCUT2D eigenvalue weighted by atomic mass is 35.5. The smallest absolute Gasteiger partial charge is 0.253 e. The minimum Gasteiger partial charge on any atom is -0.341 e. The van der Waals surface area contributed by atoms with Crippen LogP contribution in [0, 0.1) is 5.92 Å². The Kier molecular flexibility index (Phi) is 6.84. The van der Waals surface area contributed by atoms with Gasteiger partial charge in [-0.15, -0.1) is 23.7 Å². The van der Waals surface area contributed by atoms with E-state index in [0.717, 1.165) is 44.8 Å². The standard InChI is InChI=1S/C18H27N3O3S2.ClH/c22-18(20-10-7-15(8-11-20)19-13-14-5-6-14)16-3-1-9-21(16)26(23,24)17-4-2-12-25-17;/h2,4,12,14-16,19H,1,3,5-11,13H2;1H. The van der Waals surface area contributed by atoms with Gasteiger partial charge in [0.25, 0.3) is 10.0 Å². The summed E-state index contributed by atoms with van der Waals surface area (Å²) in [5.41, 5.74) is 0. The maximum absolute atomic E-state index is 13.0. The summed E-state index contributed by atoms with van der Waals surface area (Å²) in [7, 11) is -3.56. The van der Waals surface area contributed by atoms with Crippen molar-refractivity contribution in [2.45, 2.75) is 54.8 Å². The average Bonchev–Trinajstić information content (AvgIpc) is 3.13. The topological polar surface area (TPSA) is 69.7 Å². The van der Waals surface area contributed by atoms with Gasteiger partial charge in [0.2, 0.25) is 5.91 Å². The molecule has 1 N–H and O–H groups in total. The highest BCUT2D eigenvalue weighted by molar-refractivity contribution is 7.91. The van der Waals surface area contributed by atoms with E-state index in [1.165, 1.54) is 28.5 Å². The zero-order chi connectivity index (χ0) is 18.1. The van der Waals surface area contributed by atoms with Gasteiger partial charge in [-0.25, -0.2) is 8.42 Å². The van der Waals surface area contributed by atoms with E-state index in [1.54, 1.807) is 17.5 Å². The van der Waals surface area contributed by atoms with Crippen molar-refractivity contribution in [3.05, 3.63) is 17.5 Å². The van der Waals surface area contributed by atoms with Crippen molar-refractivity contribution in [3.8, 4) is 0 Å². The molecule has 6 nitrogen and oxygen atoms in total. The van der Waals surface area contributed by atoms with Crippen LogP contribution in [0.1, 0.15) is 38.5 Å². The molecule has 9 heteroatoms. The molecule has 0 aromatic carbocycles. The second-order valence-corrected chi connectivity index (χ2v) is 10.7. The zero-order valence-corrected chi connectivity index (χ0v) is 17.8. The molecule has 3 aliphatic rings. The molecule has 0 spiro atoms. The maximum atomic E-state index is 13.0. The Morgan fingerprint density at radius 2 is 1.89 bits per heavy atom. The van der Waals surface area contributed by atoms with Gasteiger partial charge in [0.1, 0.15) is 10.3 Å². The fraction of sp³-hybridized carbons (Fsp3) is 0.722. The predicted molar refractivity (Wildman–Crippen MR) is 109 cm³/mol. The number of likely N-dealkylation sites (tertiary alicyclic amines) is 1. The van der Waals surface area contributed by atoms with Gasteiger partial charge in [0.15, 0.2) is 0 Å². The number of thiophene rings is 1. The molecule has 4 rings (SSSR count). The number of amides is 1. The Morgan fingerprint density at radius 1 is 1.15 bits per heavy atom. The van der Waals surface area contributed by atoms with Crippen LogP contribution in [0.2, 0.25) is 0 Å². The van der Waals surface area contributed by atoms with Crippen LogP contribution in [0.5, 0.6) is 0 Å². The fourth-order valence-electron chi connectivity index (χ4n) is 3.97. The Labute approximate surface area is 171 Å². The molecule has 1 aromatic rings. The lowest BCUT2D eigenvalue weighted by Crippen LogP contribution is -2.52. The summed E-state index contributed by atoms with van der Waals surface area (Å²) in [6.07, 6.45) is 6.00. The number of sulfonamides is 1. The van der Waals surface area contributed by atoms with Crippen LogP contribution in [-0.4, -0.2) is 61.8 Å². The monoisotopic (exact) mass is 433 g/mol. The van der Waals surface area contributed by atoms with Crippen LogP contribution in [0.3, 0.4) is 0 Å². The number of carbonyl (C=O) groups is 1. The van der Waals surface area contributed by atoms with Gasteiger partial charge in [-0.05, 0) is 62.4 Å². The Morgan fingerprint density at radius 3 is 2.52 bits per heavy atom. The van der Waals surface area contributed by atoms with E-state index in [0.29, 0.717) is 23.2 Å². The van der Waals surface area contributed by atoms with Crippen LogP contribution in [0.4, 0.5) is 0 Å². The van der Waals surface area contributed by atoms with Gasteiger partial charge in [-0.2, -0.15) is 4.31 Å². The summed E-state index contributed by atoms with van der Waals surface area (Å²) >= 11 is 1.22. The molecule has 3 heterocycles. The van der Waals surface area contributed by atoms with E-state index in [9.17, 15) is 13.2 Å². The van der Waals surface area contributed by atoms with Crippen molar-refractivity contribution in [1.82, 2.24) is 14.5 Å². The second kappa shape index (κ2) is 8.78. The van der Waals surface area contributed by atoms with Gasteiger partial charge in [-0.1, -0.05) is 6.07 Å². The lowest BCUT2D eigenvalue weighted by Gasteiger charge is -2.35. The first-order valence-corrected chi connectivity index (χ1v) is 11.9. The zero-order valence-electron chi connectivity index (χ0n) is 15.4. The number of halogens is 1. The Bertz CT molecular complexity index is 729. The molecule has 1 aromatic heterocycles. The minimum absolute atomic E-state index is 0. The number of hydrogen-bond donors (Lipinski definition) is 1. The van der Waals surface area contributed by atoms with Crippen molar-refractivity contribution in [2.24, 2.45) is 5.92 Å². The summed E-state index contributed by atoms with van der Waals surface area (Å²) in [6, 6.07) is 3.33. The molecular formula is C18H28ClN3O3S2. The van der Waals surface area contributed by atoms with E-state index in [1.807, 2.05) is 4.90 Å². The van der Waals surface area contributed by atoms with Gasteiger partial charge >= 0.3 is 0 Å².